The van der Waals surface area contributed by atoms with Crippen LogP contribution in [0, 0.1) is 5.92 Å². The zero-order valence-electron chi connectivity index (χ0n) is 9.93. The van der Waals surface area contributed by atoms with Gasteiger partial charge in [-0.1, -0.05) is 34.1 Å². The van der Waals surface area contributed by atoms with Crippen LogP contribution in [-0.4, -0.2) is 24.1 Å². The number of nitrogens with zero attached hydrogens (tertiary/aromatic N) is 1. The minimum atomic E-state index is 0. The maximum absolute atomic E-state index is 3.50. The van der Waals surface area contributed by atoms with Crippen LogP contribution in [0.2, 0.25) is 0 Å². The highest BCUT2D eigenvalue weighted by Gasteiger charge is 2.22. The smallest absolute Gasteiger partial charge is 0.0215 e. The first-order valence-electron chi connectivity index (χ1n) is 5.79. The van der Waals surface area contributed by atoms with Gasteiger partial charge in [-0.15, -0.1) is 0 Å². The molecule has 0 saturated carbocycles. The van der Waals surface area contributed by atoms with E-state index in [-0.39, 0.29) is 1.43 Å². The Balaban J connectivity index is 0. The van der Waals surface area contributed by atoms with E-state index in [1.807, 2.05) is 13.8 Å². The minimum Gasteiger partial charge on any atom is -0.252 e. The molecule has 0 spiro atoms. The maximum atomic E-state index is 3.50. The molecular formula is C11H28N2. The van der Waals surface area contributed by atoms with E-state index in [0.717, 1.165) is 12.5 Å². The van der Waals surface area contributed by atoms with E-state index in [0.29, 0.717) is 6.04 Å². The number of nitrogens with one attached hydrogen (secondary N) is 1. The third-order valence-corrected chi connectivity index (χ3v) is 2.77. The molecule has 1 N–H and O–H groups in total. The van der Waals surface area contributed by atoms with Gasteiger partial charge in [0.05, 0.1) is 0 Å². The molecule has 2 heteroatoms. The summed E-state index contributed by atoms with van der Waals surface area (Å²) in [4.78, 5) is 0. The Morgan fingerprint density at radius 3 is 2.38 bits per heavy atom. The van der Waals surface area contributed by atoms with E-state index in [9.17, 15) is 0 Å². The molecule has 0 unspecified atom stereocenters. The van der Waals surface area contributed by atoms with Crippen molar-refractivity contribution in [2.45, 2.75) is 53.5 Å². The highest BCUT2D eigenvalue weighted by molar-refractivity contribution is 4.75. The average molecular weight is 188 g/mol. The molecule has 0 amide bonds. The van der Waals surface area contributed by atoms with Gasteiger partial charge in [0.2, 0.25) is 0 Å². The summed E-state index contributed by atoms with van der Waals surface area (Å²) in [6.45, 7) is 13.1. The Morgan fingerprint density at radius 1 is 1.38 bits per heavy atom. The van der Waals surface area contributed by atoms with Crippen molar-refractivity contribution in [3.05, 3.63) is 0 Å². The van der Waals surface area contributed by atoms with Gasteiger partial charge in [-0.05, 0) is 19.3 Å². The molecule has 1 heterocycles. The summed E-state index contributed by atoms with van der Waals surface area (Å²) >= 11 is 0. The zero-order chi connectivity index (χ0) is 10.3. The predicted molar refractivity (Wildman–Crippen MR) is 61.7 cm³/mol. The van der Waals surface area contributed by atoms with Gasteiger partial charge in [-0.2, -0.15) is 0 Å². The predicted octanol–water partition coefficient (Wildman–Crippen LogP) is 2.90. The molecule has 0 radical (unpaired) electrons. The molecule has 0 aromatic rings. The van der Waals surface area contributed by atoms with Crippen LogP contribution in [0.15, 0.2) is 0 Å². The fourth-order valence-electron chi connectivity index (χ4n) is 1.84. The largest absolute Gasteiger partial charge is 0.252 e. The molecule has 2 atom stereocenters. The van der Waals surface area contributed by atoms with Crippen LogP contribution in [0.5, 0.6) is 0 Å². The normalized spacial score (nSPS) is 29.3. The van der Waals surface area contributed by atoms with Crippen LogP contribution in [0.25, 0.3) is 0 Å². The van der Waals surface area contributed by atoms with Crippen molar-refractivity contribution in [1.29, 1.82) is 0 Å². The standard InChI is InChI=1S/C9H20N2.C2H6.H2/c1-4-9-6-7-11(5-2)10-8(9)3;1-2;/h8-10H,4-7H2,1-3H3;1-2H3;1H/t8-,9-;;/m0../s1. The first-order chi connectivity index (χ1) is 6.27. The van der Waals surface area contributed by atoms with Crippen LogP contribution in [0.3, 0.4) is 0 Å². The summed E-state index contributed by atoms with van der Waals surface area (Å²) in [5.74, 6) is 0.887. The first kappa shape index (κ1) is 12.9. The Kier molecular flexibility index (Phi) is 7.29. The molecule has 1 aliphatic heterocycles. The Labute approximate surface area is 85.2 Å². The molecule has 0 aromatic carbocycles. The van der Waals surface area contributed by atoms with E-state index in [4.69, 9.17) is 0 Å². The van der Waals surface area contributed by atoms with E-state index >= 15 is 0 Å². The molecule has 0 aliphatic carbocycles. The molecule has 2 nitrogen and oxygen atoms in total. The molecular weight excluding hydrogens is 160 g/mol. The van der Waals surface area contributed by atoms with E-state index < -0.39 is 0 Å². The van der Waals surface area contributed by atoms with Gasteiger partial charge in [-0.25, -0.2) is 5.01 Å². The topological polar surface area (TPSA) is 15.3 Å². The van der Waals surface area contributed by atoms with Crippen LogP contribution in [0.1, 0.15) is 48.9 Å². The van der Waals surface area contributed by atoms with Crippen molar-refractivity contribution in [3.63, 3.8) is 0 Å². The zero-order valence-corrected chi connectivity index (χ0v) is 9.93. The Hall–Kier alpha value is -0.0800. The second-order valence-electron chi connectivity index (χ2n) is 3.45. The number of rotatable bonds is 2. The molecule has 1 fully saturated rings. The fraction of sp³-hybridized carbons (Fsp3) is 1.00. The summed E-state index contributed by atoms with van der Waals surface area (Å²) < 4.78 is 0. The SMILES string of the molecule is CC.CC[C@H]1CCN(CC)N[C@H]1C.[HH]. The van der Waals surface area contributed by atoms with Crippen molar-refractivity contribution in [3.8, 4) is 0 Å². The minimum absolute atomic E-state index is 0. The first-order valence-corrected chi connectivity index (χ1v) is 5.79. The molecule has 0 bridgehead atoms. The highest BCUT2D eigenvalue weighted by atomic mass is 15.5. The van der Waals surface area contributed by atoms with E-state index in [1.54, 1.807) is 0 Å². The van der Waals surface area contributed by atoms with Crippen molar-refractivity contribution < 1.29 is 1.43 Å². The van der Waals surface area contributed by atoms with Gasteiger partial charge in [-0.3, -0.25) is 5.43 Å². The van der Waals surface area contributed by atoms with Crippen LogP contribution in [0.4, 0.5) is 0 Å². The van der Waals surface area contributed by atoms with Gasteiger partial charge < -0.3 is 0 Å². The molecule has 1 saturated heterocycles. The number of hydrogen-bond donors (Lipinski definition) is 1. The summed E-state index contributed by atoms with van der Waals surface area (Å²) in [5, 5.41) is 2.32. The summed E-state index contributed by atoms with van der Waals surface area (Å²) in [6.07, 6.45) is 2.67. The maximum Gasteiger partial charge on any atom is 0.0215 e. The molecule has 0 aromatic heterocycles. The van der Waals surface area contributed by atoms with Crippen LogP contribution in [-0.2, 0) is 0 Å². The lowest BCUT2D eigenvalue weighted by Crippen LogP contribution is -2.52. The summed E-state index contributed by atoms with van der Waals surface area (Å²) in [6, 6.07) is 0.675. The molecule has 1 aliphatic rings. The average Bonchev–Trinajstić information content (AvgIpc) is 2.20. The lowest BCUT2D eigenvalue weighted by atomic mass is 9.93. The summed E-state index contributed by atoms with van der Waals surface area (Å²) in [7, 11) is 0. The van der Waals surface area contributed by atoms with Crippen LogP contribution >= 0.6 is 0 Å². The van der Waals surface area contributed by atoms with Gasteiger partial charge in [0, 0.05) is 20.6 Å². The third kappa shape index (κ3) is 4.10. The van der Waals surface area contributed by atoms with Crippen molar-refractivity contribution >= 4 is 0 Å². The number of hydrogen-bond acceptors (Lipinski definition) is 2. The van der Waals surface area contributed by atoms with Crippen molar-refractivity contribution in [2.24, 2.45) is 5.92 Å². The quantitative estimate of drug-likeness (QED) is 0.717. The Morgan fingerprint density at radius 2 is 2.00 bits per heavy atom. The van der Waals surface area contributed by atoms with Crippen molar-refractivity contribution in [1.82, 2.24) is 10.4 Å². The molecule has 13 heavy (non-hydrogen) atoms. The van der Waals surface area contributed by atoms with Gasteiger partial charge in [0.25, 0.3) is 0 Å². The van der Waals surface area contributed by atoms with Gasteiger partial charge in [0.1, 0.15) is 0 Å². The van der Waals surface area contributed by atoms with Gasteiger partial charge in [0.15, 0.2) is 0 Å². The van der Waals surface area contributed by atoms with Crippen molar-refractivity contribution in [2.75, 3.05) is 13.1 Å². The number of hydrazine groups is 1. The highest BCUT2D eigenvalue weighted by Crippen LogP contribution is 2.17. The Bertz CT molecular complexity index is 120. The third-order valence-electron chi connectivity index (χ3n) is 2.77. The molecule has 1 rings (SSSR count). The molecule has 82 valence electrons. The second-order valence-corrected chi connectivity index (χ2v) is 3.45. The fourth-order valence-corrected chi connectivity index (χ4v) is 1.84. The van der Waals surface area contributed by atoms with Gasteiger partial charge >= 0.3 is 0 Å². The van der Waals surface area contributed by atoms with Crippen LogP contribution < -0.4 is 5.43 Å². The second kappa shape index (κ2) is 7.34. The van der Waals surface area contributed by atoms with E-state index in [1.165, 1.54) is 19.4 Å². The lowest BCUT2D eigenvalue weighted by molar-refractivity contribution is 0.0840. The monoisotopic (exact) mass is 188 g/mol. The summed E-state index contributed by atoms with van der Waals surface area (Å²) in [5.41, 5.74) is 3.50. The lowest BCUT2D eigenvalue weighted by Gasteiger charge is -2.37. The van der Waals surface area contributed by atoms with E-state index in [2.05, 4.69) is 31.2 Å².